The second-order valence-corrected chi connectivity index (χ2v) is 7.39. The fraction of sp³-hybridized carbons (Fsp3) is 0.250. The van der Waals surface area contributed by atoms with Gasteiger partial charge in [0.1, 0.15) is 0 Å². The van der Waals surface area contributed by atoms with Crippen LogP contribution in [-0.2, 0) is 4.79 Å². The van der Waals surface area contributed by atoms with Gasteiger partial charge in [0.25, 0.3) is 5.91 Å². The van der Waals surface area contributed by atoms with Gasteiger partial charge in [0, 0.05) is 31.7 Å². The van der Waals surface area contributed by atoms with E-state index in [0.29, 0.717) is 18.7 Å². The minimum atomic E-state index is -0.225. The summed E-state index contributed by atoms with van der Waals surface area (Å²) < 4.78 is 1.18. The van der Waals surface area contributed by atoms with Gasteiger partial charge in [-0.2, -0.15) is 0 Å². The highest BCUT2D eigenvalue weighted by Gasteiger charge is 2.23. The highest BCUT2D eigenvalue weighted by molar-refractivity contribution is 7.22. The van der Waals surface area contributed by atoms with Crippen LogP contribution < -0.4 is 10.2 Å². The van der Waals surface area contributed by atoms with Crippen LogP contribution in [0.15, 0.2) is 54.6 Å². The van der Waals surface area contributed by atoms with Crippen LogP contribution in [0.4, 0.5) is 5.13 Å². The Kier molecular flexibility index (Phi) is 5.02. The van der Waals surface area contributed by atoms with Crippen molar-refractivity contribution in [2.45, 2.75) is 0 Å². The highest BCUT2D eigenvalue weighted by atomic mass is 32.1. The van der Waals surface area contributed by atoms with Crippen LogP contribution in [-0.4, -0.2) is 54.4 Å². The Bertz CT molecular complexity index is 916. The van der Waals surface area contributed by atoms with E-state index < -0.39 is 0 Å². The maximum absolute atomic E-state index is 12.4. The molecule has 1 N–H and O–H groups in total. The Balaban J connectivity index is 1.29. The number of amides is 2. The van der Waals surface area contributed by atoms with E-state index in [0.717, 1.165) is 23.7 Å². The number of fused-ring (bicyclic) bond motifs is 1. The van der Waals surface area contributed by atoms with Crippen LogP contribution in [0.25, 0.3) is 10.2 Å². The van der Waals surface area contributed by atoms with Crippen LogP contribution in [0, 0.1) is 0 Å². The monoisotopic (exact) mass is 380 g/mol. The van der Waals surface area contributed by atoms with Crippen LogP contribution in [0.1, 0.15) is 10.4 Å². The molecule has 1 aliphatic rings. The molecule has 0 saturated carbocycles. The number of benzene rings is 2. The molecule has 3 aromatic rings. The molecule has 27 heavy (non-hydrogen) atoms. The summed E-state index contributed by atoms with van der Waals surface area (Å²) in [5.41, 5.74) is 1.57. The molecule has 0 radical (unpaired) electrons. The Morgan fingerprint density at radius 2 is 1.67 bits per heavy atom. The van der Waals surface area contributed by atoms with Gasteiger partial charge in [0.2, 0.25) is 5.91 Å². The van der Waals surface area contributed by atoms with Crippen molar-refractivity contribution in [2.24, 2.45) is 0 Å². The predicted octanol–water partition coefficient (Wildman–Crippen LogP) is 2.37. The number of hydrogen-bond donors (Lipinski definition) is 1. The van der Waals surface area contributed by atoms with Crippen molar-refractivity contribution in [3.05, 3.63) is 60.2 Å². The summed E-state index contributed by atoms with van der Waals surface area (Å²) in [4.78, 5) is 33.2. The van der Waals surface area contributed by atoms with Gasteiger partial charge < -0.3 is 15.1 Å². The molecule has 0 aliphatic carbocycles. The number of rotatable bonds is 4. The molecule has 0 unspecified atom stereocenters. The van der Waals surface area contributed by atoms with Crippen molar-refractivity contribution in [2.75, 3.05) is 37.6 Å². The third-order valence-corrected chi connectivity index (χ3v) is 5.72. The summed E-state index contributed by atoms with van der Waals surface area (Å²) in [7, 11) is 0. The van der Waals surface area contributed by atoms with E-state index in [-0.39, 0.29) is 18.4 Å². The van der Waals surface area contributed by atoms with E-state index >= 15 is 0 Å². The average molecular weight is 380 g/mol. The van der Waals surface area contributed by atoms with Gasteiger partial charge in [0.05, 0.1) is 16.8 Å². The summed E-state index contributed by atoms with van der Waals surface area (Å²) in [6.07, 6.45) is 0. The maximum Gasteiger partial charge on any atom is 0.251 e. The first-order valence-electron chi connectivity index (χ1n) is 8.92. The normalized spacial score (nSPS) is 14.4. The Morgan fingerprint density at radius 1 is 0.963 bits per heavy atom. The first-order chi connectivity index (χ1) is 13.2. The van der Waals surface area contributed by atoms with Gasteiger partial charge >= 0.3 is 0 Å². The van der Waals surface area contributed by atoms with Gasteiger partial charge in [-0.1, -0.05) is 41.7 Å². The molecule has 1 aromatic heterocycles. The van der Waals surface area contributed by atoms with Crippen molar-refractivity contribution < 1.29 is 9.59 Å². The first kappa shape index (κ1) is 17.5. The highest BCUT2D eigenvalue weighted by Crippen LogP contribution is 2.29. The number of anilines is 1. The van der Waals surface area contributed by atoms with Crippen molar-refractivity contribution in [1.29, 1.82) is 0 Å². The molecular formula is C20H20N4O2S. The molecule has 138 valence electrons. The van der Waals surface area contributed by atoms with E-state index in [9.17, 15) is 9.59 Å². The van der Waals surface area contributed by atoms with Gasteiger partial charge in [-0.3, -0.25) is 9.59 Å². The Hall–Kier alpha value is -2.93. The van der Waals surface area contributed by atoms with E-state index in [1.807, 2.05) is 24.3 Å². The topological polar surface area (TPSA) is 65.5 Å². The largest absolute Gasteiger partial charge is 0.345 e. The fourth-order valence-electron chi connectivity index (χ4n) is 3.10. The molecule has 2 amide bonds. The van der Waals surface area contributed by atoms with Crippen molar-refractivity contribution in [3.63, 3.8) is 0 Å². The van der Waals surface area contributed by atoms with Gasteiger partial charge in [-0.05, 0) is 24.3 Å². The minimum Gasteiger partial charge on any atom is -0.345 e. The Labute approximate surface area is 161 Å². The second kappa shape index (κ2) is 7.75. The third kappa shape index (κ3) is 3.93. The second-order valence-electron chi connectivity index (χ2n) is 6.38. The Morgan fingerprint density at radius 3 is 2.41 bits per heavy atom. The van der Waals surface area contributed by atoms with Crippen LogP contribution in [0.5, 0.6) is 0 Å². The van der Waals surface area contributed by atoms with Gasteiger partial charge in [-0.15, -0.1) is 0 Å². The van der Waals surface area contributed by atoms with Crippen molar-refractivity contribution >= 4 is 38.5 Å². The molecule has 4 rings (SSSR count). The lowest BCUT2D eigenvalue weighted by Crippen LogP contribution is -2.51. The van der Waals surface area contributed by atoms with Crippen molar-refractivity contribution in [3.8, 4) is 0 Å². The van der Waals surface area contributed by atoms with Gasteiger partial charge in [0.15, 0.2) is 5.13 Å². The molecule has 6 nitrogen and oxygen atoms in total. The number of nitrogens with zero attached hydrogens (tertiary/aromatic N) is 3. The molecule has 2 heterocycles. The van der Waals surface area contributed by atoms with Crippen LogP contribution in [0.2, 0.25) is 0 Å². The fourth-order valence-corrected chi connectivity index (χ4v) is 4.12. The zero-order valence-electron chi connectivity index (χ0n) is 14.8. The number of piperazine rings is 1. The molecule has 2 aromatic carbocycles. The summed E-state index contributed by atoms with van der Waals surface area (Å²) >= 11 is 1.68. The number of thiazole rings is 1. The first-order valence-corrected chi connectivity index (χ1v) is 9.74. The smallest absolute Gasteiger partial charge is 0.251 e. The molecule has 0 atom stereocenters. The molecular weight excluding hydrogens is 360 g/mol. The lowest BCUT2D eigenvalue weighted by atomic mass is 10.2. The van der Waals surface area contributed by atoms with Gasteiger partial charge in [-0.25, -0.2) is 4.98 Å². The molecule has 1 aliphatic heterocycles. The van der Waals surface area contributed by atoms with E-state index in [1.54, 1.807) is 40.5 Å². The summed E-state index contributed by atoms with van der Waals surface area (Å²) in [6, 6.07) is 17.0. The van der Waals surface area contributed by atoms with E-state index in [2.05, 4.69) is 21.3 Å². The number of hydrogen-bond acceptors (Lipinski definition) is 5. The molecule has 7 heteroatoms. The quantitative estimate of drug-likeness (QED) is 0.755. The number of carbonyl (C=O) groups is 2. The SMILES string of the molecule is O=C(NCC(=O)N1CCN(c2nc3ccccc3s2)CC1)c1ccccc1. The standard InChI is InChI=1S/C20H20N4O2S/c25-18(14-21-19(26)15-6-2-1-3-7-15)23-10-12-24(13-11-23)20-22-16-8-4-5-9-17(16)27-20/h1-9H,10-14H2,(H,21,26). The molecule has 1 fully saturated rings. The average Bonchev–Trinajstić information content (AvgIpc) is 3.17. The molecule has 0 bridgehead atoms. The van der Waals surface area contributed by atoms with Crippen molar-refractivity contribution in [1.82, 2.24) is 15.2 Å². The zero-order chi connectivity index (χ0) is 18.6. The molecule has 0 spiro atoms. The minimum absolute atomic E-state index is 0.0227. The summed E-state index contributed by atoms with van der Waals surface area (Å²) in [5.74, 6) is -0.278. The van der Waals surface area contributed by atoms with E-state index in [4.69, 9.17) is 0 Å². The number of aromatic nitrogens is 1. The third-order valence-electron chi connectivity index (χ3n) is 4.62. The molecule has 1 saturated heterocycles. The number of para-hydroxylation sites is 1. The van der Waals surface area contributed by atoms with Crippen LogP contribution in [0.3, 0.4) is 0 Å². The lowest BCUT2D eigenvalue weighted by Gasteiger charge is -2.34. The maximum atomic E-state index is 12.4. The van der Waals surface area contributed by atoms with Crippen LogP contribution >= 0.6 is 11.3 Å². The summed E-state index contributed by atoms with van der Waals surface area (Å²) in [5, 5.41) is 3.70. The number of carbonyl (C=O) groups excluding carboxylic acids is 2. The predicted molar refractivity (Wildman–Crippen MR) is 107 cm³/mol. The zero-order valence-corrected chi connectivity index (χ0v) is 15.6. The lowest BCUT2D eigenvalue weighted by molar-refractivity contribution is -0.130. The summed E-state index contributed by atoms with van der Waals surface area (Å²) in [6.45, 7) is 2.79. The van der Waals surface area contributed by atoms with E-state index in [1.165, 1.54) is 4.70 Å². The number of nitrogens with one attached hydrogen (secondary N) is 1.